The summed E-state index contributed by atoms with van der Waals surface area (Å²) in [5, 5.41) is 3.91. The third-order valence-electron chi connectivity index (χ3n) is 4.72. The SMILES string of the molecule is CC(C)C(=O)N1CCN(c2ccc(NC(=O)c3cccc(Cl)c3)cc2Cl)CC1. The molecule has 148 valence electrons. The summed E-state index contributed by atoms with van der Waals surface area (Å²) in [6.07, 6.45) is 0. The molecule has 1 aliphatic heterocycles. The third-order valence-corrected chi connectivity index (χ3v) is 5.26. The van der Waals surface area contributed by atoms with Crippen molar-refractivity contribution in [2.45, 2.75) is 13.8 Å². The van der Waals surface area contributed by atoms with E-state index in [1.54, 1.807) is 30.3 Å². The molecule has 1 saturated heterocycles. The van der Waals surface area contributed by atoms with Crippen molar-refractivity contribution in [1.29, 1.82) is 0 Å². The molecule has 28 heavy (non-hydrogen) atoms. The first-order valence-electron chi connectivity index (χ1n) is 9.25. The first-order valence-corrected chi connectivity index (χ1v) is 10.0. The van der Waals surface area contributed by atoms with Crippen LogP contribution in [-0.2, 0) is 4.79 Å². The van der Waals surface area contributed by atoms with Crippen LogP contribution in [0.1, 0.15) is 24.2 Å². The Morgan fingerprint density at radius 2 is 1.71 bits per heavy atom. The molecule has 0 aromatic heterocycles. The highest BCUT2D eigenvalue weighted by atomic mass is 35.5. The van der Waals surface area contributed by atoms with Crippen molar-refractivity contribution in [3.05, 3.63) is 58.1 Å². The van der Waals surface area contributed by atoms with Crippen LogP contribution in [0.5, 0.6) is 0 Å². The van der Waals surface area contributed by atoms with Crippen LogP contribution in [0.15, 0.2) is 42.5 Å². The average molecular weight is 420 g/mol. The van der Waals surface area contributed by atoms with Crippen molar-refractivity contribution >= 4 is 46.4 Å². The van der Waals surface area contributed by atoms with E-state index in [-0.39, 0.29) is 17.7 Å². The summed E-state index contributed by atoms with van der Waals surface area (Å²) in [4.78, 5) is 28.5. The molecular weight excluding hydrogens is 397 g/mol. The van der Waals surface area contributed by atoms with Gasteiger partial charge in [0, 0.05) is 48.4 Å². The number of nitrogens with one attached hydrogen (secondary N) is 1. The maximum absolute atomic E-state index is 12.4. The monoisotopic (exact) mass is 419 g/mol. The number of hydrogen-bond acceptors (Lipinski definition) is 3. The summed E-state index contributed by atoms with van der Waals surface area (Å²) in [6, 6.07) is 12.2. The minimum atomic E-state index is -0.243. The van der Waals surface area contributed by atoms with Crippen LogP contribution in [0, 0.1) is 5.92 Å². The summed E-state index contributed by atoms with van der Waals surface area (Å²) >= 11 is 12.4. The van der Waals surface area contributed by atoms with E-state index in [0.717, 1.165) is 18.8 Å². The van der Waals surface area contributed by atoms with Crippen molar-refractivity contribution in [2.24, 2.45) is 5.92 Å². The Morgan fingerprint density at radius 1 is 1.00 bits per heavy atom. The maximum Gasteiger partial charge on any atom is 0.255 e. The van der Waals surface area contributed by atoms with Crippen molar-refractivity contribution in [3.63, 3.8) is 0 Å². The van der Waals surface area contributed by atoms with Crippen LogP contribution in [0.3, 0.4) is 0 Å². The molecule has 5 nitrogen and oxygen atoms in total. The second-order valence-corrected chi connectivity index (χ2v) is 7.94. The Bertz CT molecular complexity index is 878. The Morgan fingerprint density at radius 3 is 2.32 bits per heavy atom. The molecule has 3 rings (SSSR count). The molecule has 0 aliphatic carbocycles. The Hall–Kier alpha value is -2.24. The molecule has 1 heterocycles. The molecule has 0 atom stereocenters. The fourth-order valence-electron chi connectivity index (χ4n) is 3.21. The molecule has 0 unspecified atom stereocenters. The molecule has 0 saturated carbocycles. The van der Waals surface area contributed by atoms with Gasteiger partial charge in [0.25, 0.3) is 5.91 Å². The molecule has 1 N–H and O–H groups in total. The zero-order valence-electron chi connectivity index (χ0n) is 15.9. The standard InChI is InChI=1S/C21H23Cl2N3O2/c1-14(2)21(28)26-10-8-25(9-11-26)19-7-6-17(13-18(19)23)24-20(27)15-4-3-5-16(22)12-15/h3-7,12-14H,8-11H2,1-2H3,(H,24,27). The molecule has 1 fully saturated rings. The van der Waals surface area contributed by atoms with Gasteiger partial charge in [-0.15, -0.1) is 0 Å². The minimum absolute atomic E-state index is 0.0116. The molecule has 7 heteroatoms. The number of anilines is 2. The highest BCUT2D eigenvalue weighted by Gasteiger charge is 2.24. The van der Waals surface area contributed by atoms with Gasteiger partial charge in [-0.05, 0) is 36.4 Å². The molecule has 2 aromatic rings. The van der Waals surface area contributed by atoms with Gasteiger partial charge in [0.15, 0.2) is 0 Å². The molecular formula is C21H23Cl2N3O2. The van der Waals surface area contributed by atoms with E-state index in [4.69, 9.17) is 23.2 Å². The lowest BCUT2D eigenvalue weighted by Crippen LogP contribution is -2.50. The van der Waals surface area contributed by atoms with Gasteiger partial charge in [-0.1, -0.05) is 43.1 Å². The van der Waals surface area contributed by atoms with Gasteiger partial charge in [-0.2, -0.15) is 0 Å². The lowest BCUT2D eigenvalue weighted by Gasteiger charge is -2.37. The highest BCUT2D eigenvalue weighted by Crippen LogP contribution is 2.30. The molecule has 0 radical (unpaired) electrons. The largest absolute Gasteiger partial charge is 0.367 e. The van der Waals surface area contributed by atoms with Gasteiger partial charge in [-0.25, -0.2) is 0 Å². The number of carbonyl (C=O) groups is 2. The topological polar surface area (TPSA) is 52.7 Å². The zero-order chi connectivity index (χ0) is 20.3. The molecule has 2 aromatic carbocycles. The van der Waals surface area contributed by atoms with Crippen LogP contribution in [-0.4, -0.2) is 42.9 Å². The van der Waals surface area contributed by atoms with E-state index < -0.39 is 0 Å². The fraction of sp³-hybridized carbons (Fsp3) is 0.333. The van der Waals surface area contributed by atoms with Crippen LogP contribution >= 0.6 is 23.2 Å². The predicted molar refractivity (Wildman–Crippen MR) is 114 cm³/mol. The Labute approximate surface area is 175 Å². The van der Waals surface area contributed by atoms with E-state index in [1.165, 1.54) is 0 Å². The average Bonchev–Trinajstić information content (AvgIpc) is 2.67. The van der Waals surface area contributed by atoms with Gasteiger partial charge in [0.05, 0.1) is 10.7 Å². The number of amides is 2. The summed E-state index contributed by atoms with van der Waals surface area (Å²) < 4.78 is 0. The van der Waals surface area contributed by atoms with E-state index >= 15 is 0 Å². The Balaban J connectivity index is 1.65. The molecule has 0 bridgehead atoms. The maximum atomic E-state index is 12.4. The first kappa shape index (κ1) is 20.5. The van der Waals surface area contributed by atoms with Gasteiger partial charge >= 0.3 is 0 Å². The van der Waals surface area contributed by atoms with E-state index in [0.29, 0.717) is 34.4 Å². The number of nitrogens with zero attached hydrogens (tertiary/aromatic N) is 2. The minimum Gasteiger partial charge on any atom is -0.367 e. The van der Waals surface area contributed by atoms with Crippen molar-refractivity contribution in [2.75, 3.05) is 36.4 Å². The summed E-state index contributed by atoms with van der Waals surface area (Å²) in [5.74, 6) is -0.0468. The van der Waals surface area contributed by atoms with E-state index in [9.17, 15) is 9.59 Å². The number of hydrogen-bond donors (Lipinski definition) is 1. The number of piperazine rings is 1. The van der Waals surface area contributed by atoms with Gasteiger partial charge < -0.3 is 15.1 Å². The lowest BCUT2D eigenvalue weighted by molar-refractivity contribution is -0.134. The second kappa shape index (κ2) is 8.84. The summed E-state index contributed by atoms with van der Waals surface area (Å²) in [6.45, 7) is 6.66. The second-order valence-electron chi connectivity index (χ2n) is 7.10. The van der Waals surface area contributed by atoms with Crippen molar-refractivity contribution < 1.29 is 9.59 Å². The summed E-state index contributed by atoms with van der Waals surface area (Å²) in [7, 11) is 0. The number of benzene rings is 2. The smallest absolute Gasteiger partial charge is 0.255 e. The van der Waals surface area contributed by atoms with Gasteiger partial charge in [0.1, 0.15) is 0 Å². The predicted octanol–water partition coefficient (Wildman–Crippen LogP) is 4.55. The van der Waals surface area contributed by atoms with Crippen molar-refractivity contribution in [3.8, 4) is 0 Å². The Kier molecular flexibility index (Phi) is 6.47. The van der Waals surface area contributed by atoms with Gasteiger partial charge in [0.2, 0.25) is 5.91 Å². The van der Waals surface area contributed by atoms with Gasteiger partial charge in [-0.3, -0.25) is 9.59 Å². The molecule has 0 spiro atoms. The van der Waals surface area contributed by atoms with Crippen LogP contribution in [0.25, 0.3) is 0 Å². The number of rotatable bonds is 4. The van der Waals surface area contributed by atoms with Crippen molar-refractivity contribution in [1.82, 2.24) is 4.90 Å². The number of carbonyl (C=O) groups excluding carboxylic acids is 2. The molecule has 2 amide bonds. The lowest BCUT2D eigenvalue weighted by atomic mass is 10.1. The van der Waals surface area contributed by atoms with Crippen LogP contribution in [0.2, 0.25) is 10.0 Å². The fourth-order valence-corrected chi connectivity index (χ4v) is 3.70. The summed E-state index contributed by atoms with van der Waals surface area (Å²) in [5.41, 5.74) is 2.00. The number of halogens is 2. The third kappa shape index (κ3) is 4.78. The van der Waals surface area contributed by atoms with E-state index in [1.807, 2.05) is 30.9 Å². The molecule has 1 aliphatic rings. The normalized spacial score (nSPS) is 14.3. The zero-order valence-corrected chi connectivity index (χ0v) is 17.4. The van der Waals surface area contributed by atoms with Crippen LogP contribution < -0.4 is 10.2 Å². The van der Waals surface area contributed by atoms with E-state index in [2.05, 4.69) is 10.2 Å². The quantitative estimate of drug-likeness (QED) is 0.790. The van der Waals surface area contributed by atoms with Crippen LogP contribution in [0.4, 0.5) is 11.4 Å². The highest BCUT2D eigenvalue weighted by molar-refractivity contribution is 6.33. The first-order chi connectivity index (χ1) is 13.3.